The molecule has 4 nitrogen and oxygen atoms in total. The number of ether oxygens (including phenoxy) is 1. The minimum Gasteiger partial charge on any atom is -0.504 e. The number of unbranched alkanes of at least 4 members (excludes halogenated alkanes) is 4. The highest BCUT2D eigenvalue weighted by atomic mass is 16.5. The van der Waals surface area contributed by atoms with E-state index < -0.39 is 0 Å². The number of amides is 1. The maximum atomic E-state index is 11.6. The maximum absolute atomic E-state index is 11.6. The van der Waals surface area contributed by atoms with Gasteiger partial charge in [0.1, 0.15) is 0 Å². The van der Waals surface area contributed by atoms with Gasteiger partial charge in [-0.15, -0.1) is 0 Å². The van der Waals surface area contributed by atoms with Crippen LogP contribution in [-0.4, -0.2) is 18.1 Å². The molecule has 0 bridgehead atoms. The van der Waals surface area contributed by atoms with Crippen molar-refractivity contribution >= 4 is 5.91 Å². The van der Waals surface area contributed by atoms with Gasteiger partial charge in [-0.25, -0.2) is 0 Å². The maximum Gasteiger partial charge on any atom is 0.243 e. The van der Waals surface area contributed by atoms with Gasteiger partial charge in [0, 0.05) is 6.54 Å². The number of phenols is 1. The summed E-state index contributed by atoms with van der Waals surface area (Å²) < 4.78 is 5.03. The number of methoxy groups -OCH3 is 1. The first kappa shape index (κ1) is 17.1. The van der Waals surface area contributed by atoms with Crippen LogP contribution in [0, 0.1) is 0 Å². The minimum atomic E-state index is -0.0995. The molecule has 1 aromatic rings. The lowest BCUT2D eigenvalue weighted by molar-refractivity contribution is -0.116. The van der Waals surface area contributed by atoms with Crippen LogP contribution in [0.3, 0.4) is 0 Å². The Morgan fingerprint density at radius 2 is 2.14 bits per heavy atom. The van der Waals surface area contributed by atoms with Gasteiger partial charge in [-0.2, -0.15) is 0 Å². The van der Waals surface area contributed by atoms with Crippen LogP contribution in [0.2, 0.25) is 0 Å². The number of nitrogens with one attached hydrogen (secondary N) is 1. The van der Waals surface area contributed by atoms with Crippen LogP contribution in [0.5, 0.6) is 11.5 Å². The summed E-state index contributed by atoms with van der Waals surface area (Å²) in [5.41, 5.74) is 0.884. The Morgan fingerprint density at radius 1 is 1.33 bits per heavy atom. The van der Waals surface area contributed by atoms with E-state index in [0.29, 0.717) is 12.3 Å². The Bertz CT molecular complexity index is 469. The van der Waals surface area contributed by atoms with Crippen LogP contribution in [0.15, 0.2) is 30.4 Å². The molecule has 0 radical (unpaired) electrons. The number of hydrogen-bond donors (Lipinski definition) is 2. The summed E-state index contributed by atoms with van der Waals surface area (Å²) >= 11 is 0. The van der Waals surface area contributed by atoms with Crippen molar-refractivity contribution in [2.45, 2.75) is 45.6 Å². The second-order valence-electron chi connectivity index (χ2n) is 4.98. The molecule has 116 valence electrons. The van der Waals surface area contributed by atoms with E-state index in [1.54, 1.807) is 24.3 Å². The Kier molecular flexibility index (Phi) is 8.02. The molecule has 0 aliphatic rings. The monoisotopic (exact) mass is 291 g/mol. The van der Waals surface area contributed by atoms with E-state index in [4.69, 9.17) is 4.74 Å². The van der Waals surface area contributed by atoms with Gasteiger partial charge in [-0.05, 0) is 36.6 Å². The van der Waals surface area contributed by atoms with Gasteiger partial charge in [0.25, 0.3) is 0 Å². The average molecular weight is 291 g/mol. The Hall–Kier alpha value is -1.97. The van der Waals surface area contributed by atoms with Crippen molar-refractivity contribution in [3.8, 4) is 11.5 Å². The molecule has 0 atom stereocenters. The first-order valence-corrected chi connectivity index (χ1v) is 7.47. The third-order valence-electron chi connectivity index (χ3n) is 3.20. The molecule has 0 unspecified atom stereocenters. The van der Waals surface area contributed by atoms with Crippen molar-refractivity contribution < 1.29 is 14.6 Å². The molecular weight excluding hydrogens is 266 g/mol. The number of benzene rings is 1. The molecule has 0 aromatic heterocycles. The van der Waals surface area contributed by atoms with Gasteiger partial charge >= 0.3 is 0 Å². The van der Waals surface area contributed by atoms with E-state index in [1.807, 2.05) is 6.08 Å². The summed E-state index contributed by atoms with van der Waals surface area (Å²) in [4.78, 5) is 11.6. The smallest absolute Gasteiger partial charge is 0.243 e. The summed E-state index contributed by atoms with van der Waals surface area (Å²) in [6, 6.07) is 5.03. The van der Waals surface area contributed by atoms with E-state index in [1.165, 1.54) is 26.4 Å². The minimum absolute atomic E-state index is 0.0968. The fraction of sp³-hybridized carbons (Fsp3) is 0.471. The molecule has 0 spiro atoms. The van der Waals surface area contributed by atoms with Crippen molar-refractivity contribution in [3.05, 3.63) is 35.9 Å². The topological polar surface area (TPSA) is 58.6 Å². The van der Waals surface area contributed by atoms with Gasteiger partial charge in [-0.1, -0.05) is 38.3 Å². The van der Waals surface area contributed by atoms with Crippen LogP contribution in [0.4, 0.5) is 0 Å². The Morgan fingerprint density at radius 3 is 2.86 bits per heavy atom. The molecule has 21 heavy (non-hydrogen) atoms. The van der Waals surface area contributed by atoms with E-state index in [9.17, 15) is 9.90 Å². The molecule has 0 fully saturated rings. The highest BCUT2D eigenvalue weighted by molar-refractivity contribution is 5.87. The van der Waals surface area contributed by atoms with Crippen LogP contribution in [0.1, 0.15) is 44.6 Å². The number of carbonyl (C=O) groups excluding carboxylic acids is 1. The van der Waals surface area contributed by atoms with E-state index in [0.717, 1.165) is 18.4 Å². The largest absolute Gasteiger partial charge is 0.504 e. The third-order valence-corrected chi connectivity index (χ3v) is 3.20. The molecule has 0 aliphatic carbocycles. The summed E-state index contributed by atoms with van der Waals surface area (Å²) in [7, 11) is 1.50. The Balaban J connectivity index is 2.31. The summed E-state index contributed by atoms with van der Waals surface area (Å²) in [6.45, 7) is 2.59. The first-order chi connectivity index (χ1) is 10.2. The van der Waals surface area contributed by atoms with Crippen LogP contribution in [-0.2, 0) is 11.3 Å². The van der Waals surface area contributed by atoms with Crippen LogP contribution >= 0.6 is 0 Å². The normalized spacial score (nSPS) is 10.8. The van der Waals surface area contributed by atoms with Gasteiger partial charge in [-0.3, -0.25) is 4.79 Å². The molecular formula is C17H25NO3. The zero-order valence-electron chi connectivity index (χ0n) is 12.9. The van der Waals surface area contributed by atoms with Gasteiger partial charge < -0.3 is 15.2 Å². The first-order valence-electron chi connectivity index (χ1n) is 7.47. The summed E-state index contributed by atoms with van der Waals surface area (Å²) in [6.07, 6.45) is 9.28. The van der Waals surface area contributed by atoms with Crippen molar-refractivity contribution in [2.24, 2.45) is 0 Å². The molecule has 4 heteroatoms. The lowest BCUT2D eigenvalue weighted by atomic mass is 10.1. The van der Waals surface area contributed by atoms with Crippen molar-refractivity contribution in [1.29, 1.82) is 0 Å². The van der Waals surface area contributed by atoms with E-state index >= 15 is 0 Å². The number of hydrogen-bond acceptors (Lipinski definition) is 3. The van der Waals surface area contributed by atoms with Gasteiger partial charge in [0.15, 0.2) is 11.5 Å². The van der Waals surface area contributed by atoms with Crippen molar-refractivity contribution in [1.82, 2.24) is 5.32 Å². The fourth-order valence-corrected chi connectivity index (χ4v) is 1.96. The molecule has 0 saturated carbocycles. The molecule has 1 aromatic carbocycles. The molecule has 1 rings (SSSR count). The molecule has 0 heterocycles. The van der Waals surface area contributed by atoms with Crippen LogP contribution < -0.4 is 10.1 Å². The number of phenolic OH excluding ortho intramolecular Hbond substituents is 1. The molecule has 1 amide bonds. The predicted octanol–water partition coefficient (Wildman–Crippen LogP) is 3.54. The van der Waals surface area contributed by atoms with Crippen molar-refractivity contribution in [2.75, 3.05) is 7.11 Å². The molecule has 2 N–H and O–H groups in total. The number of allylic oxidation sites excluding steroid dienone is 1. The molecule has 0 saturated heterocycles. The van der Waals surface area contributed by atoms with Crippen LogP contribution in [0.25, 0.3) is 0 Å². The fourth-order valence-electron chi connectivity index (χ4n) is 1.96. The zero-order chi connectivity index (χ0) is 15.5. The predicted molar refractivity (Wildman–Crippen MR) is 84.4 cm³/mol. The summed E-state index contributed by atoms with van der Waals surface area (Å²) in [5, 5.41) is 12.3. The lowest BCUT2D eigenvalue weighted by Gasteiger charge is -2.07. The average Bonchev–Trinajstić information content (AvgIpc) is 2.50. The summed E-state index contributed by atoms with van der Waals surface area (Å²) in [5.74, 6) is 0.408. The van der Waals surface area contributed by atoms with E-state index in [-0.39, 0.29) is 11.7 Å². The zero-order valence-corrected chi connectivity index (χ0v) is 12.9. The number of rotatable bonds is 9. The number of carbonyl (C=O) groups is 1. The third kappa shape index (κ3) is 6.84. The van der Waals surface area contributed by atoms with Gasteiger partial charge in [0.05, 0.1) is 7.11 Å². The SMILES string of the molecule is CCCCCC/C=C/C(=O)NCc1ccc(O)c(OC)c1. The highest BCUT2D eigenvalue weighted by Gasteiger charge is 2.03. The van der Waals surface area contributed by atoms with Crippen molar-refractivity contribution in [3.63, 3.8) is 0 Å². The number of aromatic hydroxyl groups is 1. The lowest BCUT2D eigenvalue weighted by Crippen LogP contribution is -2.20. The second-order valence-corrected chi connectivity index (χ2v) is 4.98. The highest BCUT2D eigenvalue weighted by Crippen LogP contribution is 2.26. The second kappa shape index (κ2) is 9.86. The Labute approximate surface area is 126 Å². The van der Waals surface area contributed by atoms with Gasteiger partial charge in [0.2, 0.25) is 5.91 Å². The van der Waals surface area contributed by atoms with E-state index in [2.05, 4.69) is 12.2 Å². The standard InChI is InChI=1S/C17H25NO3/c1-3-4-5-6-7-8-9-17(20)18-13-14-10-11-15(19)16(12-14)21-2/h8-12,19H,3-7,13H2,1-2H3,(H,18,20)/b9-8+. The molecule has 0 aliphatic heterocycles. The quantitative estimate of drug-likeness (QED) is 0.540.